The fourth-order valence-corrected chi connectivity index (χ4v) is 3.11. The second-order valence-corrected chi connectivity index (χ2v) is 6.18. The number of hydrogen-bond donors (Lipinski definition) is 1. The molecule has 2 aromatic rings. The summed E-state index contributed by atoms with van der Waals surface area (Å²) in [6.45, 7) is 4.55. The van der Waals surface area contributed by atoms with Gasteiger partial charge in [-0.1, -0.05) is 25.0 Å². The molecule has 0 unspecified atom stereocenters. The molecule has 0 atom stereocenters. The number of aromatic nitrogens is 1. The van der Waals surface area contributed by atoms with Crippen molar-refractivity contribution in [2.24, 2.45) is 0 Å². The van der Waals surface area contributed by atoms with E-state index >= 15 is 0 Å². The molecule has 1 fully saturated rings. The van der Waals surface area contributed by atoms with Gasteiger partial charge in [0.1, 0.15) is 11.4 Å². The minimum atomic E-state index is -0.219. The lowest BCUT2D eigenvalue weighted by molar-refractivity contribution is 0.102. The van der Waals surface area contributed by atoms with Crippen molar-refractivity contribution in [1.82, 2.24) is 4.98 Å². The van der Waals surface area contributed by atoms with E-state index in [2.05, 4.69) is 15.2 Å². The predicted molar refractivity (Wildman–Crippen MR) is 100 cm³/mol. The smallest absolute Gasteiger partial charge is 0.274 e. The highest BCUT2D eigenvalue weighted by molar-refractivity contribution is 6.04. The Morgan fingerprint density at radius 2 is 1.92 bits per heavy atom. The normalized spacial score (nSPS) is 14.7. The van der Waals surface area contributed by atoms with Crippen molar-refractivity contribution in [2.75, 3.05) is 29.9 Å². The first-order valence-electron chi connectivity index (χ1n) is 9.02. The minimum absolute atomic E-state index is 0.219. The Labute approximate surface area is 149 Å². The van der Waals surface area contributed by atoms with Crippen molar-refractivity contribution < 1.29 is 9.53 Å². The summed E-state index contributed by atoms with van der Waals surface area (Å²) in [7, 11) is 0. The van der Waals surface area contributed by atoms with Crippen LogP contribution in [0.4, 0.5) is 11.4 Å². The lowest BCUT2D eigenvalue weighted by Gasteiger charge is -2.22. The van der Waals surface area contributed by atoms with Gasteiger partial charge in [-0.3, -0.25) is 9.78 Å². The number of ether oxygens (including phenoxy) is 1. The number of nitrogens with one attached hydrogen (secondary N) is 1. The van der Waals surface area contributed by atoms with E-state index in [0.29, 0.717) is 23.7 Å². The first-order valence-corrected chi connectivity index (χ1v) is 9.02. The molecule has 1 saturated heterocycles. The summed E-state index contributed by atoms with van der Waals surface area (Å²) in [6, 6.07) is 11.3. The number of carbonyl (C=O) groups is 1. The van der Waals surface area contributed by atoms with Crippen molar-refractivity contribution in [3.8, 4) is 5.75 Å². The molecule has 5 heteroatoms. The van der Waals surface area contributed by atoms with E-state index in [1.165, 1.54) is 25.7 Å². The van der Waals surface area contributed by atoms with Crippen molar-refractivity contribution >= 4 is 17.3 Å². The van der Waals surface area contributed by atoms with E-state index in [1.807, 2.05) is 43.3 Å². The van der Waals surface area contributed by atoms with Crippen LogP contribution >= 0.6 is 0 Å². The molecule has 5 nitrogen and oxygen atoms in total. The molecule has 0 aliphatic carbocycles. The molecule has 0 spiro atoms. The SMILES string of the molecule is CCOc1ccccc1NC(=O)c1cc(N2CCCCCC2)ccn1. The number of amides is 1. The van der Waals surface area contributed by atoms with Gasteiger partial charge in [0.05, 0.1) is 12.3 Å². The van der Waals surface area contributed by atoms with Crippen LogP contribution in [0, 0.1) is 0 Å². The van der Waals surface area contributed by atoms with E-state index in [0.717, 1.165) is 18.8 Å². The summed E-state index contributed by atoms with van der Waals surface area (Å²) < 4.78 is 5.56. The van der Waals surface area contributed by atoms with Crippen molar-refractivity contribution in [1.29, 1.82) is 0 Å². The molecule has 3 rings (SSSR count). The zero-order valence-corrected chi connectivity index (χ0v) is 14.7. The molecule has 1 aromatic carbocycles. The van der Waals surface area contributed by atoms with Gasteiger partial charge in [0.2, 0.25) is 0 Å². The van der Waals surface area contributed by atoms with Crippen LogP contribution in [-0.2, 0) is 0 Å². The number of benzene rings is 1. The highest BCUT2D eigenvalue weighted by Crippen LogP contribution is 2.25. The fraction of sp³-hybridized carbons (Fsp3) is 0.400. The molecule has 1 aromatic heterocycles. The Balaban J connectivity index is 1.75. The van der Waals surface area contributed by atoms with E-state index in [1.54, 1.807) is 6.20 Å². The molecular formula is C20H25N3O2. The number of rotatable bonds is 5. The molecule has 1 aliphatic rings. The van der Waals surface area contributed by atoms with Crippen molar-refractivity contribution in [2.45, 2.75) is 32.6 Å². The number of hydrogen-bond acceptors (Lipinski definition) is 4. The maximum Gasteiger partial charge on any atom is 0.274 e. The van der Waals surface area contributed by atoms with Crippen LogP contribution in [-0.4, -0.2) is 30.6 Å². The molecule has 1 aliphatic heterocycles. The lowest BCUT2D eigenvalue weighted by atomic mass is 10.2. The van der Waals surface area contributed by atoms with E-state index in [4.69, 9.17) is 4.74 Å². The van der Waals surface area contributed by atoms with Crippen LogP contribution in [0.1, 0.15) is 43.1 Å². The molecule has 1 amide bonds. The lowest BCUT2D eigenvalue weighted by Crippen LogP contribution is -2.24. The Morgan fingerprint density at radius 3 is 2.68 bits per heavy atom. The monoisotopic (exact) mass is 339 g/mol. The third-order valence-electron chi connectivity index (χ3n) is 4.38. The zero-order chi connectivity index (χ0) is 17.5. The minimum Gasteiger partial charge on any atom is -0.492 e. The Bertz CT molecular complexity index is 710. The first kappa shape index (κ1) is 17.3. The summed E-state index contributed by atoms with van der Waals surface area (Å²) in [5.41, 5.74) is 2.16. The largest absolute Gasteiger partial charge is 0.492 e. The van der Waals surface area contributed by atoms with E-state index in [9.17, 15) is 4.79 Å². The molecule has 25 heavy (non-hydrogen) atoms. The fourth-order valence-electron chi connectivity index (χ4n) is 3.11. The van der Waals surface area contributed by atoms with Crippen LogP contribution in [0.5, 0.6) is 5.75 Å². The summed E-state index contributed by atoms with van der Waals surface area (Å²) in [6.07, 6.45) is 6.67. The van der Waals surface area contributed by atoms with Crippen molar-refractivity contribution in [3.05, 3.63) is 48.3 Å². The number of anilines is 2. The quantitative estimate of drug-likeness (QED) is 0.890. The van der Waals surface area contributed by atoms with Gasteiger partial charge >= 0.3 is 0 Å². The van der Waals surface area contributed by atoms with E-state index in [-0.39, 0.29) is 5.91 Å². The molecule has 132 valence electrons. The summed E-state index contributed by atoms with van der Waals surface area (Å²) >= 11 is 0. The van der Waals surface area contributed by atoms with Gasteiger partial charge in [-0.15, -0.1) is 0 Å². The molecule has 1 N–H and O–H groups in total. The number of carbonyl (C=O) groups excluding carboxylic acids is 1. The topological polar surface area (TPSA) is 54.5 Å². The van der Waals surface area contributed by atoms with Gasteiger partial charge in [0.15, 0.2) is 0 Å². The summed E-state index contributed by atoms with van der Waals surface area (Å²) in [5, 5.41) is 2.91. The predicted octanol–water partition coefficient (Wildman–Crippen LogP) is 4.11. The van der Waals surface area contributed by atoms with Gasteiger partial charge in [-0.2, -0.15) is 0 Å². The molecule has 0 bridgehead atoms. The molecule has 0 radical (unpaired) electrons. The second kappa shape index (κ2) is 8.51. The first-order chi connectivity index (χ1) is 12.3. The number of nitrogens with zero attached hydrogens (tertiary/aromatic N) is 2. The van der Waals surface area contributed by atoms with Crippen LogP contribution in [0.2, 0.25) is 0 Å². The second-order valence-electron chi connectivity index (χ2n) is 6.18. The van der Waals surface area contributed by atoms with Crippen LogP contribution in [0.25, 0.3) is 0 Å². The van der Waals surface area contributed by atoms with Gasteiger partial charge in [-0.05, 0) is 44.0 Å². The van der Waals surface area contributed by atoms with Crippen LogP contribution < -0.4 is 15.0 Å². The summed E-state index contributed by atoms with van der Waals surface area (Å²) in [5.74, 6) is 0.450. The average molecular weight is 339 g/mol. The van der Waals surface area contributed by atoms with Crippen LogP contribution in [0.15, 0.2) is 42.6 Å². The van der Waals surface area contributed by atoms with Gasteiger partial charge in [-0.25, -0.2) is 0 Å². The zero-order valence-electron chi connectivity index (χ0n) is 14.7. The Hall–Kier alpha value is -2.56. The average Bonchev–Trinajstić information content (AvgIpc) is 2.93. The van der Waals surface area contributed by atoms with Gasteiger partial charge in [0, 0.05) is 25.0 Å². The number of pyridine rings is 1. The Morgan fingerprint density at radius 1 is 1.16 bits per heavy atom. The third kappa shape index (κ3) is 4.50. The van der Waals surface area contributed by atoms with Crippen molar-refractivity contribution in [3.63, 3.8) is 0 Å². The van der Waals surface area contributed by atoms with Crippen LogP contribution in [0.3, 0.4) is 0 Å². The number of para-hydroxylation sites is 2. The molecule has 2 heterocycles. The maximum absolute atomic E-state index is 12.6. The highest BCUT2D eigenvalue weighted by atomic mass is 16.5. The molecule has 0 saturated carbocycles. The van der Waals surface area contributed by atoms with Gasteiger partial charge < -0.3 is 15.0 Å². The standard InChI is InChI=1S/C20H25N3O2/c1-2-25-19-10-6-5-9-17(19)22-20(24)18-15-16(11-12-21-18)23-13-7-3-4-8-14-23/h5-6,9-12,15H,2-4,7-8,13-14H2,1H3,(H,22,24). The van der Waals surface area contributed by atoms with Gasteiger partial charge in [0.25, 0.3) is 5.91 Å². The highest BCUT2D eigenvalue weighted by Gasteiger charge is 2.15. The maximum atomic E-state index is 12.6. The summed E-state index contributed by atoms with van der Waals surface area (Å²) in [4.78, 5) is 19.2. The molecular weight excluding hydrogens is 314 g/mol. The third-order valence-corrected chi connectivity index (χ3v) is 4.38. The Kier molecular flexibility index (Phi) is 5.88. The van der Waals surface area contributed by atoms with E-state index < -0.39 is 0 Å².